The SMILES string of the molecule is COc1cc2ncn(CCCC(=O)NCC(c3ccccc3)c3ccccc3)c(=O)c2cc1OC. The fourth-order valence-corrected chi connectivity index (χ4v) is 4.16. The summed E-state index contributed by atoms with van der Waals surface area (Å²) < 4.78 is 12.1. The Balaban J connectivity index is 1.38. The number of ether oxygens (including phenoxy) is 2. The second kappa shape index (κ2) is 11.3. The smallest absolute Gasteiger partial charge is 0.261 e. The third kappa shape index (κ3) is 5.69. The van der Waals surface area contributed by atoms with Crippen LogP contribution in [0.25, 0.3) is 10.9 Å². The van der Waals surface area contributed by atoms with Crippen molar-refractivity contribution < 1.29 is 14.3 Å². The van der Waals surface area contributed by atoms with Gasteiger partial charge in [-0.3, -0.25) is 14.2 Å². The summed E-state index contributed by atoms with van der Waals surface area (Å²) in [4.78, 5) is 29.9. The highest BCUT2D eigenvalue weighted by Gasteiger charge is 2.15. The monoisotopic (exact) mass is 471 g/mol. The summed E-state index contributed by atoms with van der Waals surface area (Å²) in [6, 6.07) is 23.6. The van der Waals surface area contributed by atoms with Gasteiger partial charge in [-0.1, -0.05) is 60.7 Å². The van der Waals surface area contributed by atoms with Crippen LogP contribution in [0.5, 0.6) is 11.5 Å². The maximum absolute atomic E-state index is 12.9. The Morgan fingerprint density at radius 2 is 1.54 bits per heavy atom. The summed E-state index contributed by atoms with van der Waals surface area (Å²) in [6.45, 7) is 0.899. The van der Waals surface area contributed by atoms with Gasteiger partial charge in [0.1, 0.15) is 0 Å². The predicted molar refractivity (Wildman–Crippen MR) is 136 cm³/mol. The van der Waals surface area contributed by atoms with E-state index in [4.69, 9.17) is 9.47 Å². The predicted octanol–water partition coefficient (Wildman–Crippen LogP) is 4.14. The zero-order chi connectivity index (χ0) is 24.6. The van der Waals surface area contributed by atoms with Gasteiger partial charge < -0.3 is 14.8 Å². The molecule has 35 heavy (non-hydrogen) atoms. The standard InChI is InChI=1S/C28H29N3O4/c1-34-25-16-22-24(17-26(25)35-2)30-19-31(28(22)33)15-9-14-27(32)29-18-23(20-10-5-3-6-11-20)21-12-7-4-8-13-21/h3-8,10-13,16-17,19,23H,9,14-15,18H2,1-2H3,(H,29,32). The van der Waals surface area contributed by atoms with Crippen molar-refractivity contribution in [3.05, 3.63) is 101 Å². The first-order valence-electron chi connectivity index (χ1n) is 11.6. The van der Waals surface area contributed by atoms with Crippen molar-refractivity contribution in [1.29, 1.82) is 0 Å². The van der Waals surface area contributed by atoms with Crippen LogP contribution in [-0.4, -0.2) is 36.2 Å². The topological polar surface area (TPSA) is 82.5 Å². The van der Waals surface area contributed by atoms with E-state index in [2.05, 4.69) is 34.6 Å². The number of hydrogen-bond acceptors (Lipinski definition) is 5. The maximum atomic E-state index is 12.9. The second-order valence-corrected chi connectivity index (χ2v) is 8.25. The lowest BCUT2D eigenvalue weighted by atomic mass is 9.91. The van der Waals surface area contributed by atoms with Crippen LogP contribution in [0.15, 0.2) is 83.9 Å². The fourth-order valence-electron chi connectivity index (χ4n) is 4.16. The average Bonchev–Trinajstić information content (AvgIpc) is 2.90. The third-order valence-corrected chi connectivity index (χ3v) is 6.04. The molecule has 7 nitrogen and oxygen atoms in total. The first kappa shape index (κ1) is 24.0. The van der Waals surface area contributed by atoms with E-state index in [1.54, 1.807) is 12.1 Å². The van der Waals surface area contributed by atoms with E-state index < -0.39 is 0 Å². The van der Waals surface area contributed by atoms with Gasteiger partial charge in [0, 0.05) is 31.5 Å². The Labute approximate surface area is 204 Å². The molecular weight excluding hydrogens is 442 g/mol. The molecule has 0 saturated heterocycles. The van der Waals surface area contributed by atoms with Crippen molar-refractivity contribution in [3.63, 3.8) is 0 Å². The van der Waals surface area contributed by atoms with Gasteiger partial charge in [0.05, 0.1) is 31.4 Å². The molecule has 0 saturated carbocycles. The fraction of sp³-hybridized carbons (Fsp3) is 0.250. The number of rotatable bonds is 10. The number of benzene rings is 3. The number of hydrogen-bond donors (Lipinski definition) is 1. The van der Waals surface area contributed by atoms with Gasteiger partial charge in [0.15, 0.2) is 11.5 Å². The molecule has 7 heteroatoms. The largest absolute Gasteiger partial charge is 0.493 e. The number of amides is 1. The van der Waals surface area contributed by atoms with Crippen molar-refractivity contribution in [3.8, 4) is 11.5 Å². The second-order valence-electron chi connectivity index (χ2n) is 8.25. The summed E-state index contributed by atoms with van der Waals surface area (Å²) >= 11 is 0. The van der Waals surface area contributed by atoms with Crippen molar-refractivity contribution in [2.45, 2.75) is 25.3 Å². The molecule has 0 aliphatic rings. The highest BCUT2D eigenvalue weighted by atomic mass is 16.5. The Kier molecular flexibility index (Phi) is 7.77. The highest BCUT2D eigenvalue weighted by molar-refractivity contribution is 5.81. The van der Waals surface area contributed by atoms with Gasteiger partial charge >= 0.3 is 0 Å². The molecule has 1 amide bonds. The summed E-state index contributed by atoms with van der Waals surface area (Å²) in [5, 5.41) is 3.51. The molecule has 1 N–H and O–H groups in total. The molecule has 3 aromatic carbocycles. The molecular formula is C28H29N3O4. The zero-order valence-electron chi connectivity index (χ0n) is 19.9. The van der Waals surface area contributed by atoms with Gasteiger partial charge in [0.2, 0.25) is 5.91 Å². The van der Waals surface area contributed by atoms with Crippen LogP contribution in [0.1, 0.15) is 29.9 Å². The highest BCUT2D eigenvalue weighted by Crippen LogP contribution is 2.29. The van der Waals surface area contributed by atoms with Crippen molar-refractivity contribution in [1.82, 2.24) is 14.9 Å². The van der Waals surface area contributed by atoms with E-state index in [0.717, 1.165) is 11.1 Å². The number of nitrogens with zero attached hydrogens (tertiary/aromatic N) is 2. The number of carbonyl (C=O) groups excluding carboxylic acids is 1. The van der Waals surface area contributed by atoms with Crippen molar-refractivity contribution in [2.24, 2.45) is 0 Å². The number of methoxy groups -OCH3 is 2. The molecule has 4 aromatic rings. The van der Waals surface area contributed by atoms with Crippen LogP contribution in [-0.2, 0) is 11.3 Å². The summed E-state index contributed by atoms with van der Waals surface area (Å²) in [5.41, 5.74) is 2.67. The number of aromatic nitrogens is 2. The molecule has 0 spiro atoms. The Morgan fingerprint density at radius 3 is 2.14 bits per heavy atom. The lowest BCUT2D eigenvalue weighted by Crippen LogP contribution is -2.29. The summed E-state index contributed by atoms with van der Waals surface area (Å²) in [5.74, 6) is 1.02. The molecule has 1 heterocycles. The lowest BCUT2D eigenvalue weighted by molar-refractivity contribution is -0.121. The molecule has 1 aromatic heterocycles. The minimum Gasteiger partial charge on any atom is -0.493 e. The number of carbonyl (C=O) groups is 1. The van der Waals surface area contributed by atoms with Crippen molar-refractivity contribution >= 4 is 16.8 Å². The van der Waals surface area contributed by atoms with Gasteiger partial charge in [0.25, 0.3) is 5.56 Å². The lowest BCUT2D eigenvalue weighted by Gasteiger charge is -2.19. The number of aryl methyl sites for hydroxylation is 1. The van der Waals surface area contributed by atoms with E-state index in [1.807, 2.05) is 36.4 Å². The molecule has 0 unspecified atom stereocenters. The quantitative estimate of drug-likeness (QED) is 0.376. The molecule has 0 radical (unpaired) electrons. The minimum atomic E-state index is -0.176. The molecule has 180 valence electrons. The number of fused-ring (bicyclic) bond motifs is 1. The Hall–Kier alpha value is -4.13. The van der Waals surface area contributed by atoms with Gasteiger partial charge in [-0.05, 0) is 23.6 Å². The van der Waals surface area contributed by atoms with Crippen LogP contribution in [0.4, 0.5) is 0 Å². The first-order chi connectivity index (χ1) is 17.1. The van der Waals surface area contributed by atoms with Crippen molar-refractivity contribution in [2.75, 3.05) is 20.8 Å². The molecule has 0 fully saturated rings. The van der Waals surface area contributed by atoms with Gasteiger partial charge in [-0.2, -0.15) is 0 Å². The third-order valence-electron chi connectivity index (χ3n) is 6.04. The molecule has 0 aliphatic carbocycles. The van der Waals surface area contributed by atoms with Gasteiger partial charge in [-0.15, -0.1) is 0 Å². The molecule has 0 bridgehead atoms. The maximum Gasteiger partial charge on any atom is 0.261 e. The molecule has 4 rings (SSSR count). The molecule has 0 aliphatic heterocycles. The van der Waals surface area contributed by atoms with Crippen LogP contribution < -0.4 is 20.3 Å². The van der Waals surface area contributed by atoms with Gasteiger partial charge in [-0.25, -0.2) is 4.98 Å². The van der Waals surface area contributed by atoms with Crippen LogP contribution in [0.3, 0.4) is 0 Å². The van der Waals surface area contributed by atoms with Crippen LogP contribution >= 0.6 is 0 Å². The van der Waals surface area contributed by atoms with E-state index in [1.165, 1.54) is 25.1 Å². The zero-order valence-corrected chi connectivity index (χ0v) is 19.9. The average molecular weight is 472 g/mol. The Bertz CT molecular complexity index is 1300. The molecule has 0 atom stereocenters. The summed E-state index contributed by atoms with van der Waals surface area (Å²) in [7, 11) is 3.06. The minimum absolute atomic E-state index is 0.0462. The van der Waals surface area contributed by atoms with E-state index in [9.17, 15) is 9.59 Å². The number of nitrogens with one attached hydrogen (secondary N) is 1. The summed E-state index contributed by atoms with van der Waals surface area (Å²) in [6.07, 6.45) is 2.34. The normalized spacial score (nSPS) is 10.9. The van der Waals surface area contributed by atoms with E-state index in [-0.39, 0.29) is 17.4 Å². The van der Waals surface area contributed by atoms with Crippen LogP contribution in [0, 0.1) is 0 Å². The van der Waals surface area contributed by atoms with E-state index in [0.29, 0.717) is 48.3 Å². The Morgan fingerprint density at radius 1 is 0.943 bits per heavy atom. The van der Waals surface area contributed by atoms with E-state index >= 15 is 0 Å². The van der Waals surface area contributed by atoms with Crippen LogP contribution in [0.2, 0.25) is 0 Å². The first-order valence-corrected chi connectivity index (χ1v) is 11.6.